The summed E-state index contributed by atoms with van der Waals surface area (Å²) in [6.45, 7) is 0.928. The van der Waals surface area contributed by atoms with Crippen molar-refractivity contribution in [1.29, 1.82) is 0 Å². The molecule has 4 nitrogen and oxygen atoms in total. The van der Waals surface area contributed by atoms with Gasteiger partial charge in [0.1, 0.15) is 11.4 Å². The van der Waals surface area contributed by atoms with Crippen molar-refractivity contribution in [2.45, 2.75) is 12.3 Å². The molecule has 4 rings (SSSR count). The summed E-state index contributed by atoms with van der Waals surface area (Å²) in [5.41, 5.74) is 1.89. The Bertz CT molecular complexity index is 1030. The second kappa shape index (κ2) is 7.19. The molecule has 3 aromatic rings. The number of hydrogen-bond acceptors (Lipinski definition) is 2. The smallest absolute Gasteiger partial charge is 0.261 e. The van der Waals surface area contributed by atoms with Crippen LogP contribution in [0.4, 0.5) is 4.39 Å². The highest BCUT2D eigenvalue weighted by Crippen LogP contribution is 2.29. The quantitative estimate of drug-likeness (QED) is 0.770. The number of likely N-dealkylation sites (tertiary alicyclic amines) is 1. The van der Waals surface area contributed by atoms with E-state index in [2.05, 4.69) is 4.98 Å². The van der Waals surface area contributed by atoms with Crippen LogP contribution < -0.4 is 5.56 Å². The Morgan fingerprint density at radius 2 is 1.74 bits per heavy atom. The predicted molar refractivity (Wildman–Crippen MR) is 102 cm³/mol. The molecule has 1 saturated heterocycles. The number of benzene rings is 2. The van der Waals surface area contributed by atoms with Gasteiger partial charge in [-0.15, -0.1) is 0 Å². The lowest BCUT2D eigenvalue weighted by Crippen LogP contribution is -2.33. The lowest BCUT2D eigenvalue weighted by atomic mass is 9.98. The number of nitrogens with zero attached hydrogens (tertiary/aromatic N) is 1. The SMILES string of the molecule is O=C(c1ccc(-c2ccccc2)[nH]c1=O)N1CC[C@@H](c2ccccc2F)C1. The number of H-pyrrole nitrogens is 1. The van der Waals surface area contributed by atoms with Gasteiger partial charge < -0.3 is 9.88 Å². The van der Waals surface area contributed by atoms with E-state index in [0.29, 0.717) is 30.8 Å². The molecule has 1 aliphatic rings. The molecule has 2 aromatic carbocycles. The molecule has 1 N–H and O–H groups in total. The molecule has 0 spiro atoms. The summed E-state index contributed by atoms with van der Waals surface area (Å²) in [6, 6.07) is 19.4. The molecule has 136 valence electrons. The lowest BCUT2D eigenvalue weighted by Gasteiger charge is -2.17. The third-order valence-electron chi connectivity index (χ3n) is 5.05. The summed E-state index contributed by atoms with van der Waals surface area (Å²) in [5, 5.41) is 0. The third-order valence-corrected chi connectivity index (χ3v) is 5.05. The molecular formula is C22H19FN2O2. The number of aromatic nitrogens is 1. The van der Waals surface area contributed by atoms with Crippen LogP contribution in [0.15, 0.2) is 71.5 Å². The van der Waals surface area contributed by atoms with Gasteiger partial charge in [0.15, 0.2) is 0 Å². The van der Waals surface area contributed by atoms with Gasteiger partial charge in [-0.1, -0.05) is 48.5 Å². The zero-order valence-corrected chi connectivity index (χ0v) is 14.7. The molecule has 1 atom stereocenters. The first kappa shape index (κ1) is 17.2. The van der Waals surface area contributed by atoms with Crippen molar-refractivity contribution in [2.24, 2.45) is 0 Å². The van der Waals surface area contributed by atoms with Crippen molar-refractivity contribution in [3.63, 3.8) is 0 Å². The fraction of sp³-hybridized carbons (Fsp3) is 0.182. The number of aromatic amines is 1. The summed E-state index contributed by atoms with van der Waals surface area (Å²) in [5.74, 6) is -0.602. The van der Waals surface area contributed by atoms with Crippen LogP contribution in [0, 0.1) is 5.82 Å². The van der Waals surface area contributed by atoms with Gasteiger partial charge in [-0.3, -0.25) is 9.59 Å². The maximum Gasteiger partial charge on any atom is 0.261 e. The first-order valence-corrected chi connectivity index (χ1v) is 8.96. The minimum atomic E-state index is -0.407. The molecule has 0 saturated carbocycles. The summed E-state index contributed by atoms with van der Waals surface area (Å²) < 4.78 is 14.0. The average Bonchev–Trinajstić information content (AvgIpc) is 3.18. The molecular weight excluding hydrogens is 343 g/mol. The molecule has 1 fully saturated rings. The molecule has 0 aliphatic carbocycles. The van der Waals surface area contributed by atoms with Crippen molar-refractivity contribution in [2.75, 3.05) is 13.1 Å². The molecule has 5 heteroatoms. The number of nitrogens with one attached hydrogen (secondary N) is 1. The Balaban J connectivity index is 1.54. The van der Waals surface area contributed by atoms with Crippen LogP contribution in [0.2, 0.25) is 0 Å². The minimum Gasteiger partial charge on any atom is -0.338 e. The van der Waals surface area contributed by atoms with Gasteiger partial charge >= 0.3 is 0 Å². The zero-order valence-electron chi connectivity index (χ0n) is 14.7. The van der Waals surface area contributed by atoms with E-state index in [1.807, 2.05) is 30.3 Å². The number of amides is 1. The Hall–Kier alpha value is -3.21. The van der Waals surface area contributed by atoms with Crippen molar-refractivity contribution in [3.05, 3.63) is 94.0 Å². The monoisotopic (exact) mass is 362 g/mol. The van der Waals surface area contributed by atoms with Gasteiger partial charge in [0.25, 0.3) is 11.5 Å². The van der Waals surface area contributed by atoms with Crippen molar-refractivity contribution >= 4 is 5.91 Å². The van der Waals surface area contributed by atoms with E-state index < -0.39 is 5.56 Å². The highest BCUT2D eigenvalue weighted by atomic mass is 19.1. The summed E-state index contributed by atoms with van der Waals surface area (Å²) >= 11 is 0. The standard InChI is InChI=1S/C22H19FN2O2/c23-19-9-5-4-8-17(19)16-12-13-25(14-16)22(27)18-10-11-20(24-21(18)26)15-6-2-1-3-7-15/h1-11,16H,12-14H2,(H,24,26)/t16-/m1/s1. The fourth-order valence-corrected chi connectivity index (χ4v) is 3.60. The zero-order chi connectivity index (χ0) is 18.8. The molecule has 1 aliphatic heterocycles. The normalized spacial score (nSPS) is 16.5. The van der Waals surface area contributed by atoms with Gasteiger partial charge in [-0.25, -0.2) is 4.39 Å². The Morgan fingerprint density at radius 1 is 1.00 bits per heavy atom. The van der Waals surface area contributed by atoms with Gasteiger partial charge in [-0.2, -0.15) is 0 Å². The maximum atomic E-state index is 14.0. The van der Waals surface area contributed by atoms with Crippen LogP contribution in [0.5, 0.6) is 0 Å². The number of rotatable bonds is 3. The molecule has 0 radical (unpaired) electrons. The van der Waals surface area contributed by atoms with Gasteiger partial charge in [0.2, 0.25) is 0 Å². The van der Waals surface area contributed by atoms with Gasteiger partial charge in [-0.05, 0) is 35.7 Å². The first-order chi connectivity index (χ1) is 13.1. The Kier molecular flexibility index (Phi) is 4.59. The van der Waals surface area contributed by atoms with E-state index in [0.717, 1.165) is 5.56 Å². The number of pyridine rings is 1. The third kappa shape index (κ3) is 3.40. The maximum absolute atomic E-state index is 14.0. The van der Waals surface area contributed by atoms with Crippen LogP contribution in [0.3, 0.4) is 0 Å². The van der Waals surface area contributed by atoms with Crippen molar-refractivity contribution in [3.8, 4) is 11.3 Å². The fourth-order valence-electron chi connectivity index (χ4n) is 3.60. The Labute approximate surface area is 156 Å². The van der Waals surface area contributed by atoms with E-state index in [1.165, 1.54) is 6.07 Å². The average molecular weight is 362 g/mol. The highest BCUT2D eigenvalue weighted by molar-refractivity contribution is 5.94. The number of halogens is 1. The largest absolute Gasteiger partial charge is 0.338 e. The summed E-state index contributed by atoms with van der Waals surface area (Å²) in [6.07, 6.45) is 0.687. The second-order valence-corrected chi connectivity index (χ2v) is 6.74. The predicted octanol–water partition coefficient (Wildman–Crippen LogP) is 3.81. The topological polar surface area (TPSA) is 53.2 Å². The summed E-state index contributed by atoms with van der Waals surface area (Å²) in [4.78, 5) is 29.7. The number of carbonyl (C=O) groups is 1. The molecule has 1 aromatic heterocycles. The van der Waals surface area contributed by atoms with Gasteiger partial charge in [0.05, 0.1) is 0 Å². The molecule has 0 bridgehead atoms. The van der Waals surface area contributed by atoms with Crippen LogP contribution in [-0.4, -0.2) is 28.9 Å². The molecule has 27 heavy (non-hydrogen) atoms. The van der Waals surface area contributed by atoms with Crippen molar-refractivity contribution in [1.82, 2.24) is 9.88 Å². The number of hydrogen-bond donors (Lipinski definition) is 1. The molecule has 0 unspecified atom stereocenters. The van der Waals surface area contributed by atoms with Crippen LogP contribution >= 0.6 is 0 Å². The first-order valence-electron chi connectivity index (χ1n) is 8.96. The Morgan fingerprint density at radius 3 is 2.48 bits per heavy atom. The molecule has 2 heterocycles. The lowest BCUT2D eigenvalue weighted by molar-refractivity contribution is 0.0789. The highest BCUT2D eigenvalue weighted by Gasteiger charge is 2.30. The molecule has 1 amide bonds. The van der Waals surface area contributed by atoms with Gasteiger partial charge in [0, 0.05) is 24.7 Å². The van der Waals surface area contributed by atoms with Crippen LogP contribution in [0.1, 0.15) is 28.3 Å². The van der Waals surface area contributed by atoms with E-state index in [4.69, 9.17) is 0 Å². The van der Waals surface area contributed by atoms with E-state index in [-0.39, 0.29) is 23.2 Å². The minimum absolute atomic E-state index is 0.0437. The number of carbonyl (C=O) groups excluding carboxylic acids is 1. The summed E-state index contributed by atoms with van der Waals surface area (Å²) in [7, 11) is 0. The van der Waals surface area contributed by atoms with E-state index in [9.17, 15) is 14.0 Å². The second-order valence-electron chi connectivity index (χ2n) is 6.74. The van der Waals surface area contributed by atoms with E-state index >= 15 is 0 Å². The van der Waals surface area contributed by atoms with Crippen LogP contribution in [-0.2, 0) is 0 Å². The van der Waals surface area contributed by atoms with Crippen molar-refractivity contribution < 1.29 is 9.18 Å². The van der Waals surface area contributed by atoms with Crippen LogP contribution in [0.25, 0.3) is 11.3 Å². The van der Waals surface area contributed by atoms with E-state index in [1.54, 1.807) is 35.2 Å².